The van der Waals surface area contributed by atoms with E-state index in [2.05, 4.69) is 10.2 Å². The number of furan rings is 1. The van der Waals surface area contributed by atoms with Crippen molar-refractivity contribution in [2.75, 3.05) is 0 Å². The molecule has 0 aliphatic heterocycles. The fourth-order valence-corrected chi connectivity index (χ4v) is 3.93. The van der Waals surface area contributed by atoms with Gasteiger partial charge in [-0.2, -0.15) is 0 Å². The molecule has 0 spiro atoms. The van der Waals surface area contributed by atoms with Gasteiger partial charge >= 0.3 is 5.97 Å². The fraction of sp³-hybridized carbons (Fsp3) is 0.211. The minimum atomic E-state index is -0.390. The number of fused-ring (bicyclic) bond motifs is 1. The molecule has 26 heavy (non-hydrogen) atoms. The number of carbonyl (C=O) groups excluding carboxylic acids is 1. The average molecular weight is 368 g/mol. The summed E-state index contributed by atoms with van der Waals surface area (Å²) in [6.07, 6.45) is 0. The average Bonchev–Trinajstić information content (AvgIpc) is 3.31. The first-order chi connectivity index (χ1) is 12.5. The summed E-state index contributed by atoms with van der Waals surface area (Å²) in [5.74, 6) is 1.67. The molecular weight excluding hydrogens is 352 g/mol. The minimum absolute atomic E-state index is 0.0740. The van der Waals surface area contributed by atoms with Crippen molar-refractivity contribution < 1.29 is 18.4 Å². The number of thiophene rings is 1. The van der Waals surface area contributed by atoms with Crippen molar-refractivity contribution in [3.8, 4) is 11.5 Å². The molecule has 0 bridgehead atoms. The molecule has 0 atom stereocenters. The molecule has 0 saturated carbocycles. The van der Waals surface area contributed by atoms with E-state index < -0.39 is 5.97 Å². The van der Waals surface area contributed by atoms with Crippen LogP contribution in [0.1, 0.15) is 32.6 Å². The van der Waals surface area contributed by atoms with Crippen LogP contribution < -0.4 is 0 Å². The van der Waals surface area contributed by atoms with E-state index >= 15 is 0 Å². The van der Waals surface area contributed by atoms with Crippen LogP contribution in [-0.2, 0) is 11.3 Å². The Labute approximate surface area is 153 Å². The maximum Gasteiger partial charge on any atom is 0.349 e. The van der Waals surface area contributed by atoms with Gasteiger partial charge in [0.05, 0.1) is 5.56 Å². The van der Waals surface area contributed by atoms with E-state index in [0.717, 1.165) is 27.0 Å². The standard InChI is InChI=1S/C19H16N2O4S/c1-10-8-14(12(3)24-10)18-21-20-16(25-18)9-23-19(22)17-11(2)13-6-4-5-7-15(13)26-17/h4-8H,9H2,1-3H3. The Balaban J connectivity index is 1.49. The first-order valence-electron chi connectivity index (χ1n) is 8.08. The van der Waals surface area contributed by atoms with E-state index in [1.165, 1.54) is 11.3 Å². The van der Waals surface area contributed by atoms with Crippen LogP contribution in [0.15, 0.2) is 39.2 Å². The van der Waals surface area contributed by atoms with Crippen LogP contribution >= 0.6 is 11.3 Å². The molecule has 0 saturated heterocycles. The van der Waals surface area contributed by atoms with E-state index in [1.807, 2.05) is 51.1 Å². The molecule has 132 valence electrons. The molecule has 4 aromatic rings. The highest BCUT2D eigenvalue weighted by Crippen LogP contribution is 2.31. The Morgan fingerprint density at radius 2 is 1.96 bits per heavy atom. The van der Waals surface area contributed by atoms with Gasteiger partial charge in [0.2, 0.25) is 0 Å². The third-order valence-electron chi connectivity index (χ3n) is 4.09. The molecule has 0 N–H and O–H groups in total. The number of benzene rings is 1. The topological polar surface area (TPSA) is 78.4 Å². The van der Waals surface area contributed by atoms with Crippen molar-refractivity contribution >= 4 is 27.4 Å². The third kappa shape index (κ3) is 2.90. The Bertz CT molecular complexity index is 1110. The smallest absolute Gasteiger partial charge is 0.349 e. The quantitative estimate of drug-likeness (QED) is 0.480. The lowest BCUT2D eigenvalue weighted by Crippen LogP contribution is -2.04. The van der Waals surface area contributed by atoms with Gasteiger partial charge < -0.3 is 13.6 Å². The number of nitrogens with zero attached hydrogens (tertiary/aromatic N) is 2. The Kier molecular flexibility index (Phi) is 4.08. The number of rotatable bonds is 4. The van der Waals surface area contributed by atoms with E-state index in [-0.39, 0.29) is 12.5 Å². The van der Waals surface area contributed by atoms with Gasteiger partial charge in [-0.3, -0.25) is 0 Å². The van der Waals surface area contributed by atoms with Crippen molar-refractivity contribution in [3.05, 3.63) is 58.2 Å². The van der Waals surface area contributed by atoms with Crippen molar-refractivity contribution in [2.24, 2.45) is 0 Å². The molecule has 0 aliphatic carbocycles. The fourth-order valence-electron chi connectivity index (χ4n) is 2.83. The summed E-state index contributed by atoms with van der Waals surface area (Å²) in [5, 5.41) is 9.00. The summed E-state index contributed by atoms with van der Waals surface area (Å²) in [5.41, 5.74) is 1.67. The van der Waals surface area contributed by atoms with Gasteiger partial charge in [-0.05, 0) is 43.9 Å². The monoisotopic (exact) mass is 368 g/mol. The van der Waals surface area contributed by atoms with Gasteiger partial charge in [-0.1, -0.05) is 18.2 Å². The van der Waals surface area contributed by atoms with Crippen LogP contribution in [0.2, 0.25) is 0 Å². The van der Waals surface area contributed by atoms with Gasteiger partial charge in [0, 0.05) is 4.70 Å². The number of hydrogen-bond donors (Lipinski definition) is 0. The van der Waals surface area contributed by atoms with Crippen LogP contribution in [0.3, 0.4) is 0 Å². The Morgan fingerprint density at radius 1 is 1.15 bits per heavy atom. The van der Waals surface area contributed by atoms with Crippen molar-refractivity contribution in [2.45, 2.75) is 27.4 Å². The van der Waals surface area contributed by atoms with E-state index in [0.29, 0.717) is 16.5 Å². The molecule has 1 aromatic carbocycles. The van der Waals surface area contributed by atoms with Gasteiger partial charge in [-0.15, -0.1) is 21.5 Å². The highest BCUT2D eigenvalue weighted by Gasteiger charge is 2.19. The highest BCUT2D eigenvalue weighted by molar-refractivity contribution is 7.21. The van der Waals surface area contributed by atoms with Crippen LogP contribution in [0.4, 0.5) is 0 Å². The molecular formula is C19H16N2O4S. The molecule has 6 nitrogen and oxygen atoms in total. The Hall–Kier alpha value is -2.93. The summed E-state index contributed by atoms with van der Waals surface area (Å²) in [6, 6.07) is 9.73. The molecule has 3 aromatic heterocycles. The van der Waals surface area contributed by atoms with Crippen molar-refractivity contribution in [3.63, 3.8) is 0 Å². The molecule has 7 heteroatoms. The zero-order valence-corrected chi connectivity index (χ0v) is 15.3. The van der Waals surface area contributed by atoms with Crippen molar-refractivity contribution in [1.29, 1.82) is 0 Å². The van der Waals surface area contributed by atoms with E-state index in [9.17, 15) is 4.79 Å². The molecule has 0 fully saturated rings. The van der Waals surface area contributed by atoms with Crippen molar-refractivity contribution in [1.82, 2.24) is 10.2 Å². The lowest BCUT2D eigenvalue weighted by Gasteiger charge is -2.00. The molecule has 3 heterocycles. The molecule has 4 rings (SSSR count). The van der Waals surface area contributed by atoms with Gasteiger partial charge in [-0.25, -0.2) is 4.79 Å². The second-order valence-corrected chi connectivity index (χ2v) is 7.01. The number of aromatic nitrogens is 2. The van der Waals surface area contributed by atoms with E-state index in [1.54, 1.807) is 0 Å². The predicted octanol–water partition coefficient (Wildman–Crippen LogP) is 4.83. The summed E-state index contributed by atoms with van der Waals surface area (Å²) in [7, 11) is 0. The Morgan fingerprint density at radius 3 is 2.69 bits per heavy atom. The number of esters is 1. The van der Waals surface area contributed by atoms with Gasteiger partial charge in [0.25, 0.3) is 11.8 Å². The molecule has 0 amide bonds. The number of carbonyl (C=O) groups is 1. The van der Waals surface area contributed by atoms with Crippen LogP contribution in [0.25, 0.3) is 21.5 Å². The minimum Gasteiger partial charge on any atom is -0.466 e. The lowest BCUT2D eigenvalue weighted by atomic mass is 10.1. The second kappa shape index (κ2) is 6.42. The first-order valence-corrected chi connectivity index (χ1v) is 8.89. The third-order valence-corrected chi connectivity index (χ3v) is 5.35. The van der Waals surface area contributed by atoms with Crippen LogP contribution in [-0.4, -0.2) is 16.2 Å². The maximum atomic E-state index is 12.4. The second-order valence-electron chi connectivity index (χ2n) is 5.96. The first kappa shape index (κ1) is 16.5. The zero-order chi connectivity index (χ0) is 18.3. The molecule has 0 radical (unpaired) electrons. The SMILES string of the molecule is Cc1cc(-c2nnc(COC(=O)c3sc4ccccc4c3C)o2)c(C)o1. The normalized spacial score (nSPS) is 11.2. The van der Waals surface area contributed by atoms with E-state index in [4.69, 9.17) is 13.6 Å². The predicted molar refractivity (Wildman–Crippen MR) is 97.2 cm³/mol. The van der Waals surface area contributed by atoms with Crippen LogP contribution in [0, 0.1) is 20.8 Å². The molecule has 0 unspecified atom stereocenters. The summed E-state index contributed by atoms with van der Waals surface area (Å²) in [6.45, 7) is 5.53. The summed E-state index contributed by atoms with van der Waals surface area (Å²) >= 11 is 1.42. The van der Waals surface area contributed by atoms with Crippen LogP contribution in [0.5, 0.6) is 0 Å². The number of ether oxygens (including phenoxy) is 1. The zero-order valence-electron chi connectivity index (χ0n) is 14.5. The number of hydrogen-bond acceptors (Lipinski definition) is 7. The van der Waals surface area contributed by atoms with Gasteiger partial charge in [0.15, 0.2) is 6.61 Å². The summed E-state index contributed by atoms with van der Waals surface area (Å²) < 4.78 is 17.5. The maximum absolute atomic E-state index is 12.4. The van der Waals surface area contributed by atoms with Gasteiger partial charge in [0.1, 0.15) is 16.4 Å². The summed E-state index contributed by atoms with van der Waals surface area (Å²) in [4.78, 5) is 13.0. The largest absolute Gasteiger partial charge is 0.466 e. The lowest BCUT2D eigenvalue weighted by molar-refractivity contribution is 0.0444. The highest BCUT2D eigenvalue weighted by atomic mass is 32.1. The number of aryl methyl sites for hydroxylation is 3. The molecule has 0 aliphatic rings.